The van der Waals surface area contributed by atoms with Gasteiger partial charge < -0.3 is 29.7 Å². The van der Waals surface area contributed by atoms with Crippen LogP contribution < -0.4 is 10.1 Å². The summed E-state index contributed by atoms with van der Waals surface area (Å²) in [4.78, 5) is 11.3. The van der Waals surface area contributed by atoms with E-state index in [1.165, 1.54) is 20.1 Å². The first kappa shape index (κ1) is 26.9. The number of hydrogen-bond donors (Lipinski definition) is 3. The summed E-state index contributed by atoms with van der Waals surface area (Å²) in [5.41, 5.74) is -1.24. The molecule has 1 unspecified atom stereocenters. The molecular formula is C25H30F3NO6. The highest BCUT2D eigenvalue weighted by Gasteiger charge is 2.50. The highest BCUT2D eigenvalue weighted by molar-refractivity contribution is 5.73. The third kappa shape index (κ3) is 6.13. The minimum atomic E-state index is -4.72. The number of carbonyl (C=O) groups excluding carboxylic acids is 1. The van der Waals surface area contributed by atoms with E-state index in [1.807, 2.05) is 0 Å². The summed E-state index contributed by atoms with van der Waals surface area (Å²) >= 11 is 0. The molecule has 0 radical (unpaired) electrons. The maximum Gasteiger partial charge on any atom is 0.416 e. The van der Waals surface area contributed by atoms with Crippen molar-refractivity contribution >= 4 is 5.91 Å². The standard InChI is InChI=1S/C25H30F3NO6/c1-14(30)29-11-10-17-18(15-8-6-5-7-9-15)12-16(13-19(17)25(26,27)28)34-23-21(32)20(31)22(33-4)24(2,3)35-23/h5-9,12-13,20-23,31-32H,10-11H2,1-4H3,(H,29,30)/t20-,21+,22+,23?/m0/s1. The summed E-state index contributed by atoms with van der Waals surface area (Å²) in [6, 6.07) is 10.8. The summed E-state index contributed by atoms with van der Waals surface area (Å²) in [5.74, 6) is -0.541. The molecular weight excluding hydrogens is 467 g/mol. The fourth-order valence-corrected chi connectivity index (χ4v) is 4.31. The second-order valence-electron chi connectivity index (χ2n) is 8.94. The van der Waals surface area contributed by atoms with Crippen LogP contribution in [0.2, 0.25) is 0 Å². The molecule has 192 valence electrons. The molecule has 4 atom stereocenters. The first-order valence-electron chi connectivity index (χ1n) is 11.1. The van der Waals surface area contributed by atoms with E-state index in [9.17, 15) is 28.2 Å². The summed E-state index contributed by atoms with van der Waals surface area (Å²) in [6.45, 7) is 4.55. The molecule has 7 nitrogen and oxygen atoms in total. The van der Waals surface area contributed by atoms with Crippen molar-refractivity contribution in [2.45, 2.75) is 63.6 Å². The number of halogens is 3. The fourth-order valence-electron chi connectivity index (χ4n) is 4.31. The first-order valence-corrected chi connectivity index (χ1v) is 11.1. The van der Waals surface area contributed by atoms with E-state index in [1.54, 1.807) is 44.2 Å². The fraction of sp³-hybridized carbons (Fsp3) is 0.480. The number of rotatable bonds is 7. The SMILES string of the molecule is CO[C@@H]1[C@@H](O)[C@@H](O)C(Oc2cc(-c3ccccc3)c(CCNC(C)=O)c(C(F)(F)F)c2)OC1(C)C. The third-order valence-electron chi connectivity index (χ3n) is 5.91. The van der Waals surface area contributed by atoms with Crippen LogP contribution in [0, 0.1) is 0 Å². The van der Waals surface area contributed by atoms with Crippen molar-refractivity contribution in [1.29, 1.82) is 0 Å². The molecule has 3 N–H and O–H groups in total. The van der Waals surface area contributed by atoms with Crippen LogP contribution in [0.15, 0.2) is 42.5 Å². The van der Waals surface area contributed by atoms with Gasteiger partial charge in [0.25, 0.3) is 0 Å². The number of ether oxygens (including phenoxy) is 3. The lowest BCUT2D eigenvalue weighted by Gasteiger charge is -2.46. The Labute approximate surface area is 201 Å². The first-order chi connectivity index (χ1) is 16.3. The molecule has 1 saturated heterocycles. The van der Waals surface area contributed by atoms with Crippen LogP contribution in [0.1, 0.15) is 31.9 Å². The van der Waals surface area contributed by atoms with E-state index in [4.69, 9.17) is 14.2 Å². The number of aliphatic hydroxyl groups is 2. The second-order valence-corrected chi connectivity index (χ2v) is 8.94. The van der Waals surface area contributed by atoms with E-state index < -0.39 is 41.9 Å². The summed E-state index contributed by atoms with van der Waals surface area (Å²) in [5, 5.41) is 23.5. The molecule has 3 rings (SSSR count). The van der Waals surface area contributed by atoms with Gasteiger partial charge in [-0.05, 0) is 49.1 Å². The van der Waals surface area contributed by atoms with Gasteiger partial charge >= 0.3 is 6.18 Å². The minimum absolute atomic E-state index is 0.00489. The van der Waals surface area contributed by atoms with E-state index >= 15 is 0 Å². The van der Waals surface area contributed by atoms with Crippen LogP contribution in [0.3, 0.4) is 0 Å². The lowest BCUT2D eigenvalue weighted by Crippen LogP contribution is -2.63. The second kappa shape index (κ2) is 10.5. The van der Waals surface area contributed by atoms with Gasteiger partial charge in [0.15, 0.2) is 0 Å². The Kier molecular flexibility index (Phi) is 8.10. The lowest BCUT2D eigenvalue weighted by atomic mass is 9.89. The molecule has 1 aliphatic heterocycles. The Hall–Kier alpha value is -2.66. The maximum atomic E-state index is 14.2. The van der Waals surface area contributed by atoms with Gasteiger partial charge in [0.1, 0.15) is 24.1 Å². The zero-order valence-corrected chi connectivity index (χ0v) is 19.9. The summed E-state index contributed by atoms with van der Waals surface area (Å²) < 4.78 is 59.2. The van der Waals surface area contributed by atoms with E-state index in [0.717, 1.165) is 6.07 Å². The molecule has 0 aliphatic carbocycles. The molecule has 10 heteroatoms. The molecule has 0 aromatic heterocycles. The average molecular weight is 498 g/mol. The van der Waals surface area contributed by atoms with Gasteiger partial charge in [-0.1, -0.05) is 30.3 Å². The predicted octanol–water partition coefficient (Wildman–Crippen LogP) is 3.30. The number of carbonyl (C=O) groups is 1. The zero-order chi connectivity index (χ0) is 26.0. The normalized spacial score (nSPS) is 24.1. The van der Waals surface area contributed by atoms with E-state index in [0.29, 0.717) is 5.56 Å². The van der Waals surface area contributed by atoms with Crippen LogP contribution in [-0.2, 0) is 26.9 Å². The topological polar surface area (TPSA) is 97.3 Å². The van der Waals surface area contributed by atoms with Crippen molar-refractivity contribution in [3.05, 3.63) is 53.6 Å². The van der Waals surface area contributed by atoms with Crippen LogP contribution in [-0.4, -0.2) is 60.0 Å². The van der Waals surface area contributed by atoms with E-state index in [-0.39, 0.29) is 35.7 Å². The Balaban J connectivity index is 2.06. The van der Waals surface area contributed by atoms with Gasteiger partial charge in [0.2, 0.25) is 12.2 Å². The molecule has 1 fully saturated rings. The monoisotopic (exact) mass is 497 g/mol. The lowest BCUT2D eigenvalue weighted by molar-refractivity contribution is -0.306. The third-order valence-corrected chi connectivity index (χ3v) is 5.91. The van der Waals surface area contributed by atoms with Crippen LogP contribution in [0.4, 0.5) is 13.2 Å². The highest BCUT2D eigenvalue weighted by atomic mass is 19.4. The highest BCUT2D eigenvalue weighted by Crippen LogP contribution is 2.41. The summed E-state index contributed by atoms with van der Waals surface area (Å²) in [7, 11) is 1.36. The quantitative estimate of drug-likeness (QED) is 0.543. The van der Waals surface area contributed by atoms with Crippen LogP contribution >= 0.6 is 0 Å². The van der Waals surface area contributed by atoms with Crippen molar-refractivity contribution in [3.63, 3.8) is 0 Å². The van der Waals surface area contributed by atoms with Gasteiger partial charge in [0, 0.05) is 20.6 Å². The number of nitrogens with one attached hydrogen (secondary N) is 1. The van der Waals surface area contributed by atoms with Crippen molar-refractivity contribution in [2.75, 3.05) is 13.7 Å². The van der Waals surface area contributed by atoms with Crippen molar-refractivity contribution in [2.24, 2.45) is 0 Å². The molecule has 2 aromatic rings. The zero-order valence-electron chi connectivity index (χ0n) is 19.9. The average Bonchev–Trinajstić information content (AvgIpc) is 2.77. The number of methoxy groups -OCH3 is 1. The Bertz CT molecular complexity index is 1030. The molecule has 1 heterocycles. The van der Waals surface area contributed by atoms with Crippen LogP contribution in [0.5, 0.6) is 5.75 Å². The molecule has 1 aliphatic rings. The molecule has 35 heavy (non-hydrogen) atoms. The largest absolute Gasteiger partial charge is 0.462 e. The predicted molar refractivity (Wildman–Crippen MR) is 122 cm³/mol. The smallest absolute Gasteiger partial charge is 0.416 e. The Morgan fingerprint density at radius 2 is 1.80 bits per heavy atom. The molecule has 0 bridgehead atoms. The molecule has 0 spiro atoms. The van der Waals surface area contributed by atoms with Crippen molar-refractivity contribution in [3.8, 4) is 16.9 Å². The van der Waals surface area contributed by atoms with Gasteiger partial charge in [-0.15, -0.1) is 0 Å². The van der Waals surface area contributed by atoms with Gasteiger partial charge in [0.05, 0.1) is 11.2 Å². The van der Waals surface area contributed by atoms with Gasteiger partial charge in [-0.25, -0.2) is 0 Å². The van der Waals surface area contributed by atoms with Crippen molar-refractivity contribution in [1.82, 2.24) is 5.32 Å². The number of aliphatic hydroxyl groups excluding tert-OH is 2. The summed E-state index contributed by atoms with van der Waals surface area (Å²) in [6.07, 6.45) is -10.1. The van der Waals surface area contributed by atoms with Crippen molar-refractivity contribution < 1.29 is 42.4 Å². The Morgan fingerprint density at radius 3 is 2.37 bits per heavy atom. The van der Waals surface area contributed by atoms with Crippen LogP contribution in [0.25, 0.3) is 11.1 Å². The number of alkyl halides is 3. The number of hydrogen-bond acceptors (Lipinski definition) is 6. The van der Waals surface area contributed by atoms with E-state index in [2.05, 4.69) is 5.32 Å². The molecule has 2 aromatic carbocycles. The number of amides is 1. The van der Waals surface area contributed by atoms with Gasteiger partial charge in [-0.2, -0.15) is 13.2 Å². The maximum absolute atomic E-state index is 14.2. The minimum Gasteiger partial charge on any atom is -0.462 e. The number of benzene rings is 2. The molecule has 0 saturated carbocycles. The van der Waals surface area contributed by atoms with Gasteiger partial charge in [-0.3, -0.25) is 4.79 Å². The molecule has 1 amide bonds. The Morgan fingerprint density at radius 1 is 1.14 bits per heavy atom.